The molecule has 0 aliphatic carbocycles. The Morgan fingerprint density at radius 3 is 2.62 bits per heavy atom. The lowest BCUT2D eigenvalue weighted by atomic mass is 9.82. The number of hydrogen-bond acceptors (Lipinski definition) is 1. The molecule has 0 saturated carbocycles. The van der Waals surface area contributed by atoms with Gasteiger partial charge in [0.2, 0.25) is 0 Å². The van der Waals surface area contributed by atoms with Crippen LogP contribution in [0.3, 0.4) is 0 Å². The van der Waals surface area contributed by atoms with Gasteiger partial charge in [-0.05, 0) is 38.1 Å². The topological polar surface area (TPSA) is 3.24 Å². The fraction of sp³-hybridized carbons (Fsp3) is 1.00. The quantitative estimate of drug-likeness (QED) is 0.606. The molecule has 2 saturated heterocycles. The molecule has 13 heavy (non-hydrogen) atoms. The van der Waals surface area contributed by atoms with Gasteiger partial charge in [0.15, 0.2) is 0 Å². The van der Waals surface area contributed by atoms with Gasteiger partial charge in [-0.25, -0.2) is 4.39 Å². The molecule has 2 heteroatoms. The van der Waals surface area contributed by atoms with E-state index in [0.29, 0.717) is 17.9 Å². The fourth-order valence-electron chi connectivity index (χ4n) is 3.24. The minimum absolute atomic E-state index is 0.221. The third kappa shape index (κ3) is 1.39. The molecule has 2 aliphatic rings. The molecule has 0 aromatic carbocycles. The molecule has 2 heterocycles. The van der Waals surface area contributed by atoms with Crippen molar-refractivity contribution in [3.05, 3.63) is 0 Å². The molecule has 1 nitrogen and oxygen atoms in total. The van der Waals surface area contributed by atoms with E-state index in [9.17, 15) is 4.39 Å². The number of piperidine rings is 1. The van der Waals surface area contributed by atoms with E-state index in [4.69, 9.17) is 0 Å². The summed E-state index contributed by atoms with van der Waals surface area (Å²) in [6.45, 7) is 4.45. The summed E-state index contributed by atoms with van der Waals surface area (Å²) in [5, 5.41) is 0. The number of hydrogen-bond donors (Lipinski definition) is 0. The lowest BCUT2D eigenvalue weighted by molar-refractivity contribution is 0.0684. The van der Waals surface area contributed by atoms with E-state index in [1.165, 1.54) is 12.8 Å². The van der Waals surface area contributed by atoms with E-state index in [2.05, 4.69) is 25.8 Å². The smallest absolute Gasteiger partial charge is 0.117 e. The fourth-order valence-corrected chi connectivity index (χ4v) is 3.24. The van der Waals surface area contributed by atoms with Crippen LogP contribution < -0.4 is 0 Å². The van der Waals surface area contributed by atoms with Crippen LogP contribution in [0.1, 0.15) is 33.1 Å². The molecule has 2 bridgehead atoms. The van der Waals surface area contributed by atoms with E-state index < -0.39 is 6.17 Å². The molecule has 4 atom stereocenters. The number of alkyl halides is 1. The molecule has 76 valence electrons. The molecule has 0 aromatic heterocycles. The van der Waals surface area contributed by atoms with E-state index >= 15 is 0 Å². The Morgan fingerprint density at radius 2 is 2.00 bits per heavy atom. The van der Waals surface area contributed by atoms with Crippen molar-refractivity contribution < 1.29 is 4.39 Å². The van der Waals surface area contributed by atoms with Crippen LogP contribution in [-0.2, 0) is 0 Å². The SMILES string of the molecule is CC(C)C1CCC2CC(F)C1N2C. The summed E-state index contributed by atoms with van der Waals surface area (Å²) in [6.07, 6.45) is 2.66. The predicted octanol–water partition coefficient (Wildman–Crippen LogP) is 2.46. The Morgan fingerprint density at radius 1 is 1.31 bits per heavy atom. The summed E-state index contributed by atoms with van der Waals surface area (Å²) in [5.41, 5.74) is 0. The highest BCUT2D eigenvalue weighted by molar-refractivity contribution is 5.00. The minimum atomic E-state index is -0.565. The maximum Gasteiger partial charge on any atom is 0.117 e. The van der Waals surface area contributed by atoms with E-state index in [0.717, 1.165) is 6.42 Å². The van der Waals surface area contributed by atoms with Crippen LogP contribution in [0.5, 0.6) is 0 Å². The Bertz CT molecular complexity index is 193. The second-order valence-electron chi connectivity index (χ2n) is 5.05. The molecule has 2 rings (SSSR count). The van der Waals surface area contributed by atoms with Gasteiger partial charge in [0.25, 0.3) is 0 Å². The highest BCUT2D eigenvalue weighted by Crippen LogP contribution is 2.42. The van der Waals surface area contributed by atoms with Crippen molar-refractivity contribution in [1.29, 1.82) is 0 Å². The second kappa shape index (κ2) is 3.23. The zero-order chi connectivity index (χ0) is 9.59. The standard InChI is InChI=1S/C11H20FN/c1-7(2)9-5-4-8-6-10(12)11(9)13(8)3/h7-11H,4-6H2,1-3H3. The van der Waals surface area contributed by atoms with Crippen molar-refractivity contribution in [1.82, 2.24) is 4.90 Å². The number of halogens is 1. The van der Waals surface area contributed by atoms with E-state index in [1.807, 2.05) is 0 Å². The first kappa shape index (κ1) is 9.45. The van der Waals surface area contributed by atoms with Gasteiger partial charge in [-0.3, -0.25) is 4.90 Å². The summed E-state index contributed by atoms with van der Waals surface area (Å²) in [7, 11) is 2.10. The lowest BCUT2D eigenvalue weighted by Crippen LogP contribution is -2.46. The van der Waals surface area contributed by atoms with E-state index in [-0.39, 0.29) is 6.04 Å². The molecule has 4 unspecified atom stereocenters. The van der Waals surface area contributed by atoms with Crippen molar-refractivity contribution in [3.63, 3.8) is 0 Å². The van der Waals surface area contributed by atoms with Crippen LogP contribution in [0.2, 0.25) is 0 Å². The van der Waals surface area contributed by atoms with Crippen LogP contribution >= 0.6 is 0 Å². The molecule has 2 aliphatic heterocycles. The van der Waals surface area contributed by atoms with Gasteiger partial charge in [0, 0.05) is 12.1 Å². The van der Waals surface area contributed by atoms with Crippen molar-refractivity contribution in [2.75, 3.05) is 7.05 Å². The third-order valence-corrected chi connectivity index (χ3v) is 4.04. The summed E-state index contributed by atoms with van der Waals surface area (Å²) in [6, 6.07) is 0.758. The lowest BCUT2D eigenvalue weighted by Gasteiger charge is -2.39. The predicted molar refractivity (Wildman–Crippen MR) is 52.4 cm³/mol. The van der Waals surface area contributed by atoms with Gasteiger partial charge in [0.1, 0.15) is 6.17 Å². The Hall–Kier alpha value is -0.110. The van der Waals surface area contributed by atoms with Gasteiger partial charge < -0.3 is 0 Å². The first-order valence-electron chi connectivity index (χ1n) is 5.47. The van der Waals surface area contributed by atoms with Crippen molar-refractivity contribution in [3.8, 4) is 0 Å². The van der Waals surface area contributed by atoms with Crippen molar-refractivity contribution >= 4 is 0 Å². The zero-order valence-corrected chi connectivity index (χ0v) is 8.83. The molecule has 2 fully saturated rings. The molecule has 0 N–H and O–H groups in total. The summed E-state index contributed by atoms with van der Waals surface area (Å²) in [4.78, 5) is 2.29. The Kier molecular flexibility index (Phi) is 2.35. The average molecular weight is 185 g/mol. The maximum atomic E-state index is 13.7. The number of fused-ring (bicyclic) bond motifs is 2. The van der Waals surface area contributed by atoms with Gasteiger partial charge >= 0.3 is 0 Å². The molecule has 0 radical (unpaired) electrons. The third-order valence-electron chi connectivity index (χ3n) is 4.04. The second-order valence-corrected chi connectivity index (χ2v) is 5.05. The summed E-state index contributed by atoms with van der Waals surface area (Å²) in [5.74, 6) is 1.21. The highest BCUT2D eigenvalue weighted by Gasteiger charge is 2.47. The van der Waals surface area contributed by atoms with Crippen LogP contribution in [-0.4, -0.2) is 30.2 Å². The molecule has 0 amide bonds. The monoisotopic (exact) mass is 185 g/mol. The van der Waals surface area contributed by atoms with Gasteiger partial charge in [-0.2, -0.15) is 0 Å². The minimum Gasteiger partial charge on any atom is -0.297 e. The summed E-state index contributed by atoms with van der Waals surface area (Å²) >= 11 is 0. The molecule has 0 spiro atoms. The van der Waals surface area contributed by atoms with Crippen LogP contribution in [0, 0.1) is 11.8 Å². The number of nitrogens with zero attached hydrogens (tertiary/aromatic N) is 1. The van der Waals surface area contributed by atoms with E-state index in [1.54, 1.807) is 0 Å². The molecular formula is C11H20FN. The van der Waals surface area contributed by atoms with Gasteiger partial charge in [0.05, 0.1) is 0 Å². The van der Waals surface area contributed by atoms with Crippen LogP contribution in [0.25, 0.3) is 0 Å². The van der Waals surface area contributed by atoms with Crippen LogP contribution in [0.4, 0.5) is 4.39 Å². The van der Waals surface area contributed by atoms with Crippen molar-refractivity contribution in [2.45, 2.75) is 51.4 Å². The number of rotatable bonds is 1. The maximum absolute atomic E-state index is 13.7. The van der Waals surface area contributed by atoms with Gasteiger partial charge in [-0.1, -0.05) is 13.8 Å². The first-order valence-corrected chi connectivity index (χ1v) is 5.47. The van der Waals surface area contributed by atoms with Crippen molar-refractivity contribution in [2.24, 2.45) is 11.8 Å². The highest BCUT2D eigenvalue weighted by atomic mass is 19.1. The van der Waals surface area contributed by atoms with Crippen LogP contribution in [0.15, 0.2) is 0 Å². The average Bonchev–Trinajstić information content (AvgIpc) is 2.28. The molecular weight excluding hydrogens is 165 g/mol. The largest absolute Gasteiger partial charge is 0.297 e. The summed E-state index contributed by atoms with van der Waals surface area (Å²) < 4.78 is 13.7. The Labute approximate surface area is 80.3 Å². The molecule has 0 aromatic rings. The normalized spacial score (nSPS) is 45.9. The van der Waals surface area contributed by atoms with Gasteiger partial charge in [-0.15, -0.1) is 0 Å². The zero-order valence-electron chi connectivity index (χ0n) is 8.83. The Balaban J connectivity index is 2.16. The first-order chi connectivity index (χ1) is 6.11.